The average molecular weight is 176 g/mol. The molecule has 0 aromatic heterocycles. The van der Waals surface area contributed by atoms with E-state index in [9.17, 15) is 0 Å². The van der Waals surface area contributed by atoms with Crippen LogP contribution in [0.2, 0.25) is 0 Å². The Kier molecular flexibility index (Phi) is 2.65. The second kappa shape index (κ2) is 3.93. The first-order valence-corrected chi connectivity index (χ1v) is 5.22. The largest absolute Gasteiger partial charge is 0.337 e. The van der Waals surface area contributed by atoms with Gasteiger partial charge in [0.05, 0.1) is 20.1 Å². The van der Waals surface area contributed by atoms with Crippen LogP contribution >= 0.6 is 0 Å². The molecule has 1 aliphatic rings. The summed E-state index contributed by atoms with van der Waals surface area (Å²) in [5.74, 6) is 0.824. The number of piperidine rings is 1. The van der Waals surface area contributed by atoms with Gasteiger partial charge in [-0.2, -0.15) is 0 Å². The first kappa shape index (κ1) is 8.76. The van der Waals surface area contributed by atoms with E-state index < -0.39 is 0 Å². The Morgan fingerprint density at radius 3 is 2.31 bits per heavy atom. The first-order chi connectivity index (χ1) is 6.36. The van der Waals surface area contributed by atoms with E-state index in [1.54, 1.807) is 4.90 Å². The maximum atomic E-state index is 2.29. The molecule has 1 aliphatic heterocycles. The molecule has 0 unspecified atom stereocenters. The maximum absolute atomic E-state index is 2.29. The molecule has 1 heteroatoms. The van der Waals surface area contributed by atoms with Crippen LogP contribution in [0, 0.1) is 0 Å². The normalized spacial score (nSPS) is 28.7. The van der Waals surface area contributed by atoms with Gasteiger partial charge in [-0.3, -0.25) is 0 Å². The Labute approximate surface area is 80.4 Å². The molecule has 0 spiro atoms. The van der Waals surface area contributed by atoms with Crippen molar-refractivity contribution in [2.75, 3.05) is 20.1 Å². The first-order valence-electron chi connectivity index (χ1n) is 5.22. The van der Waals surface area contributed by atoms with Crippen molar-refractivity contribution in [3.05, 3.63) is 35.9 Å². The Bertz CT molecular complexity index is 247. The number of benzene rings is 1. The Hall–Kier alpha value is -0.820. The SMILES string of the molecule is C[NH+]1CCC(c2ccccc2)CC1. The number of quaternary nitrogens is 1. The fourth-order valence-corrected chi connectivity index (χ4v) is 2.17. The summed E-state index contributed by atoms with van der Waals surface area (Å²) in [6, 6.07) is 10.9. The lowest BCUT2D eigenvalue weighted by molar-refractivity contribution is -0.885. The summed E-state index contributed by atoms with van der Waals surface area (Å²) in [5, 5.41) is 0. The smallest absolute Gasteiger partial charge is 0.0774 e. The number of hydrogen-bond acceptors (Lipinski definition) is 0. The molecule has 70 valence electrons. The van der Waals surface area contributed by atoms with Crippen LogP contribution < -0.4 is 4.90 Å². The number of hydrogen-bond donors (Lipinski definition) is 1. The fourth-order valence-electron chi connectivity index (χ4n) is 2.17. The van der Waals surface area contributed by atoms with Gasteiger partial charge in [0.15, 0.2) is 0 Å². The third-order valence-electron chi connectivity index (χ3n) is 3.11. The van der Waals surface area contributed by atoms with Gasteiger partial charge >= 0.3 is 0 Å². The van der Waals surface area contributed by atoms with Crippen molar-refractivity contribution >= 4 is 0 Å². The van der Waals surface area contributed by atoms with Gasteiger partial charge in [0.25, 0.3) is 0 Å². The number of rotatable bonds is 1. The van der Waals surface area contributed by atoms with Gasteiger partial charge in [0.1, 0.15) is 0 Å². The summed E-state index contributed by atoms with van der Waals surface area (Å²) < 4.78 is 0. The number of nitrogens with one attached hydrogen (secondary N) is 1. The van der Waals surface area contributed by atoms with Crippen LogP contribution in [0.1, 0.15) is 24.3 Å². The molecular weight excluding hydrogens is 158 g/mol. The topological polar surface area (TPSA) is 4.44 Å². The van der Waals surface area contributed by atoms with Crippen LogP contribution in [0.4, 0.5) is 0 Å². The fraction of sp³-hybridized carbons (Fsp3) is 0.500. The zero-order valence-electron chi connectivity index (χ0n) is 8.29. The van der Waals surface area contributed by atoms with Gasteiger partial charge in [-0.1, -0.05) is 30.3 Å². The summed E-state index contributed by atoms with van der Waals surface area (Å²) in [4.78, 5) is 1.69. The molecule has 1 aromatic rings. The summed E-state index contributed by atoms with van der Waals surface area (Å²) in [7, 11) is 2.29. The van der Waals surface area contributed by atoms with E-state index in [0.717, 1.165) is 5.92 Å². The van der Waals surface area contributed by atoms with Gasteiger partial charge in [0.2, 0.25) is 0 Å². The highest BCUT2D eigenvalue weighted by molar-refractivity contribution is 5.19. The van der Waals surface area contributed by atoms with E-state index in [-0.39, 0.29) is 0 Å². The lowest BCUT2D eigenvalue weighted by Crippen LogP contribution is -3.10. The predicted molar refractivity (Wildman–Crippen MR) is 55.0 cm³/mol. The molecule has 2 rings (SSSR count). The minimum Gasteiger partial charge on any atom is -0.337 e. The van der Waals surface area contributed by atoms with E-state index in [2.05, 4.69) is 37.4 Å². The summed E-state index contributed by atoms with van der Waals surface area (Å²) in [6.45, 7) is 2.67. The second-order valence-electron chi connectivity index (χ2n) is 4.14. The summed E-state index contributed by atoms with van der Waals surface area (Å²) in [6.07, 6.45) is 2.71. The van der Waals surface area contributed by atoms with Gasteiger partial charge in [0, 0.05) is 12.8 Å². The highest BCUT2D eigenvalue weighted by atomic mass is 15.1. The van der Waals surface area contributed by atoms with Crippen LogP contribution in [0.25, 0.3) is 0 Å². The van der Waals surface area contributed by atoms with Gasteiger partial charge in [-0.05, 0) is 11.5 Å². The Balaban J connectivity index is 2.03. The van der Waals surface area contributed by atoms with Crippen molar-refractivity contribution in [2.45, 2.75) is 18.8 Å². The van der Waals surface area contributed by atoms with E-state index in [1.807, 2.05) is 0 Å². The van der Waals surface area contributed by atoms with E-state index in [4.69, 9.17) is 0 Å². The van der Waals surface area contributed by atoms with Crippen molar-refractivity contribution in [3.63, 3.8) is 0 Å². The minimum absolute atomic E-state index is 0.824. The maximum Gasteiger partial charge on any atom is 0.0774 e. The third kappa shape index (κ3) is 2.10. The third-order valence-corrected chi connectivity index (χ3v) is 3.11. The standard InChI is InChI=1S/C12H17N/c1-13-9-7-12(8-10-13)11-5-3-2-4-6-11/h2-6,12H,7-10H2,1H3/p+1. The van der Waals surface area contributed by atoms with Crippen molar-refractivity contribution in [3.8, 4) is 0 Å². The van der Waals surface area contributed by atoms with E-state index in [1.165, 1.54) is 31.5 Å². The molecule has 1 fully saturated rings. The molecule has 0 saturated carbocycles. The van der Waals surface area contributed by atoms with Gasteiger partial charge < -0.3 is 4.90 Å². The highest BCUT2D eigenvalue weighted by Crippen LogP contribution is 2.22. The van der Waals surface area contributed by atoms with Crippen LogP contribution in [0.3, 0.4) is 0 Å². The Morgan fingerprint density at radius 1 is 1.08 bits per heavy atom. The molecule has 1 heterocycles. The van der Waals surface area contributed by atoms with Crippen LogP contribution in [-0.4, -0.2) is 20.1 Å². The molecule has 1 N–H and O–H groups in total. The lowest BCUT2D eigenvalue weighted by atomic mass is 9.90. The van der Waals surface area contributed by atoms with Crippen molar-refractivity contribution < 1.29 is 4.90 Å². The average Bonchev–Trinajstić information content (AvgIpc) is 2.20. The predicted octanol–water partition coefficient (Wildman–Crippen LogP) is 1.08. The summed E-state index contributed by atoms with van der Waals surface area (Å²) in [5.41, 5.74) is 1.54. The molecule has 1 nitrogen and oxygen atoms in total. The van der Waals surface area contributed by atoms with Crippen molar-refractivity contribution in [1.82, 2.24) is 0 Å². The Morgan fingerprint density at radius 2 is 1.69 bits per heavy atom. The molecule has 0 radical (unpaired) electrons. The molecule has 13 heavy (non-hydrogen) atoms. The number of likely N-dealkylation sites (tertiary alicyclic amines) is 1. The van der Waals surface area contributed by atoms with E-state index >= 15 is 0 Å². The molecule has 1 saturated heterocycles. The monoisotopic (exact) mass is 176 g/mol. The molecule has 0 bridgehead atoms. The molecule has 0 amide bonds. The molecular formula is C12H18N+. The second-order valence-corrected chi connectivity index (χ2v) is 4.14. The minimum atomic E-state index is 0.824. The molecule has 1 aromatic carbocycles. The van der Waals surface area contributed by atoms with Gasteiger partial charge in [-0.25, -0.2) is 0 Å². The van der Waals surface area contributed by atoms with Crippen LogP contribution in [-0.2, 0) is 0 Å². The lowest BCUT2D eigenvalue weighted by Gasteiger charge is -2.26. The van der Waals surface area contributed by atoms with E-state index in [0.29, 0.717) is 0 Å². The van der Waals surface area contributed by atoms with Crippen LogP contribution in [0.5, 0.6) is 0 Å². The highest BCUT2D eigenvalue weighted by Gasteiger charge is 2.20. The van der Waals surface area contributed by atoms with Crippen LogP contribution in [0.15, 0.2) is 30.3 Å². The summed E-state index contributed by atoms with van der Waals surface area (Å²) >= 11 is 0. The van der Waals surface area contributed by atoms with Crippen molar-refractivity contribution in [1.29, 1.82) is 0 Å². The molecule has 0 aliphatic carbocycles. The molecule has 0 atom stereocenters. The quantitative estimate of drug-likeness (QED) is 0.653. The zero-order valence-corrected chi connectivity index (χ0v) is 8.29. The van der Waals surface area contributed by atoms with Crippen molar-refractivity contribution in [2.24, 2.45) is 0 Å². The zero-order chi connectivity index (χ0) is 9.10. The van der Waals surface area contributed by atoms with Gasteiger partial charge in [-0.15, -0.1) is 0 Å².